The van der Waals surface area contributed by atoms with Crippen molar-refractivity contribution in [3.63, 3.8) is 0 Å². The van der Waals surface area contributed by atoms with Crippen molar-refractivity contribution in [3.8, 4) is 11.8 Å². The highest BCUT2D eigenvalue weighted by atomic mass is 15.3. The predicted octanol–water partition coefficient (Wildman–Crippen LogP) is 1.04. The third-order valence-electron chi connectivity index (χ3n) is 2.36. The van der Waals surface area contributed by atoms with Gasteiger partial charge in [-0.15, -0.1) is 11.8 Å². The highest BCUT2D eigenvalue weighted by molar-refractivity contribution is 5.20. The summed E-state index contributed by atoms with van der Waals surface area (Å²) in [4.78, 5) is 0. The standard InChI is InChI=1S/C11H18N4/c1-4-5-6-7-11(13-12)10-8-15(3)14-9(10)2/h8,11,13H,6-7,12H2,1-3H3. The van der Waals surface area contributed by atoms with Gasteiger partial charge in [-0.3, -0.25) is 16.0 Å². The van der Waals surface area contributed by atoms with Crippen molar-refractivity contribution in [2.75, 3.05) is 0 Å². The molecule has 0 radical (unpaired) electrons. The average molecular weight is 206 g/mol. The van der Waals surface area contributed by atoms with Crippen molar-refractivity contribution in [1.82, 2.24) is 15.2 Å². The molecule has 0 aromatic carbocycles. The van der Waals surface area contributed by atoms with Gasteiger partial charge in [-0.1, -0.05) is 0 Å². The zero-order valence-corrected chi connectivity index (χ0v) is 9.54. The molecule has 15 heavy (non-hydrogen) atoms. The second-order valence-electron chi connectivity index (χ2n) is 3.53. The Labute approximate surface area is 90.8 Å². The number of hydrogen-bond donors (Lipinski definition) is 2. The van der Waals surface area contributed by atoms with Gasteiger partial charge in [0, 0.05) is 25.2 Å². The molecule has 4 nitrogen and oxygen atoms in total. The summed E-state index contributed by atoms with van der Waals surface area (Å²) in [7, 11) is 1.91. The monoisotopic (exact) mass is 206 g/mol. The minimum Gasteiger partial charge on any atom is -0.275 e. The Hall–Kier alpha value is -1.31. The third kappa shape index (κ3) is 3.08. The lowest BCUT2D eigenvalue weighted by Gasteiger charge is -2.13. The van der Waals surface area contributed by atoms with Crippen LogP contribution in [0.15, 0.2) is 6.20 Å². The number of hydrazine groups is 1. The van der Waals surface area contributed by atoms with E-state index in [1.54, 1.807) is 4.68 Å². The molecule has 1 heterocycles. The van der Waals surface area contributed by atoms with Crippen LogP contribution in [-0.2, 0) is 7.05 Å². The number of rotatable bonds is 4. The van der Waals surface area contributed by atoms with E-state index in [-0.39, 0.29) is 6.04 Å². The van der Waals surface area contributed by atoms with Gasteiger partial charge in [-0.2, -0.15) is 5.10 Å². The van der Waals surface area contributed by atoms with Crippen LogP contribution in [0.3, 0.4) is 0 Å². The molecule has 0 spiro atoms. The maximum atomic E-state index is 5.53. The number of hydrogen-bond acceptors (Lipinski definition) is 3. The van der Waals surface area contributed by atoms with Gasteiger partial charge in [0.25, 0.3) is 0 Å². The summed E-state index contributed by atoms with van der Waals surface area (Å²) in [6.45, 7) is 3.84. The Bertz CT molecular complexity index is 370. The Morgan fingerprint density at radius 3 is 2.87 bits per heavy atom. The topological polar surface area (TPSA) is 55.9 Å². The van der Waals surface area contributed by atoms with Gasteiger partial charge in [-0.05, 0) is 20.3 Å². The summed E-state index contributed by atoms with van der Waals surface area (Å²) < 4.78 is 1.81. The summed E-state index contributed by atoms with van der Waals surface area (Å²) in [6, 6.07) is 0.138. The lowest BCUT2D eigenvalue weighted by molar-refractivity contribution is 0.521. The van der Waals surface area contributed by atoms with Gasteiger partial charge in [0.15, 0.2) is 0 Å². The molecule has 3 N–H and O–H groups in total. The van der Waals surface area contributed by atoms with E-state index in [2.05, 4.69) is 22.4 Å². The zero-order valence-electron chi connectivity index (χ0n) is 9.54. The molecule has 0 aliphatic heterocycles. The van der Waals surface area contributed by atoms with E-state index in [0.29, 0.717) is 0 Å². The predicted molar refractivity (Wildman–Crippen MR) is 60.7 cm³/mol. The number of nitrogens with one attached hydrogen (secondary N) is 1. The van der Waals surface area contributed by atoms with Gasteiger partial charge in [0.05, 0.1) is 11.7 Å². The Kier molecular flexibility index (Phi) is 4.35. The van der Waals surface area contributed by atoms with Crippen LogP contribution in [0.2, 0.25) is 0 Å². The van der Waals surface area contributed by atoms with Crippen LogP contribution in [0.4, 0.5) is 0 Å². The van der Waals surface area contributed by atoms with Crippen LogP contribution < -0.4 is 11.3 Å². The van der Waals surface area contributed by atoms with Gasteiger partial charge in [-0.25, -0.2) is 0 Å². The Morgan fingerprint density at radius 1 is 1.67 bits per heavy atom. The van der Waals surface area contributed by atoms with E-state index in [1.165, 1.54) is 0 Å². The van der Waals surface area contributed by atoms with Crippen LogP contribution in [0.5, 0.6) is 0 Å². The van der Waals surface area contributed by atoms with Crippen LogP contribution in [0.1, 0.15) is 37.1 Å². The average Bonchev–Trinajstić information content (AvgIpc) is 2.53. The molecule has 0 aliphatic carbocycles. The first-order valence-corrected chi connectivity index (χ1v) is 5.05. The van der Waals surface area contributed by atoms with Crippen molar-refractivity contribution >= 4 is 0 Å². The molecule has 0 saturated carbocycles. The number of aromatic nitrogens is 2. The molecule has 0 amide bonds. The molecule has 1 aromatic heterocycles. The molecule has 0 aliphatic rings. The van der Waals surface area contributed by atoms with Gasteiger partial charge in [0.2, 0.25) is 0 Å². The highest BCUT2D eigenvalue weighted by Gasteiger charge is 2.13. The maximum Gasteiger partial charge on any atom is 0.0641 e. The Morgan fingerprint density at radius 2 is 2.40 bits per heavy atom. The Balaban J connectivity index is 2.72. The molecule has 1 aromatic rings. The highest BCUT2D eigenvalue weighted by Crippen LogP contribution is 2.19. The summed E-state index contributed by atoms with van der Waals surface area (Å²) in [5.74, 6) is 11.4. The van der Waals surface area contributed by atoms with E-state index in [1.807, 2.05) is 27.1 Å². The molecule has 1 atom stereocenters. The molecule has 1 rings (SSSR count). The molecule has 4 heteroatoms. The summed E-state index contributed by atoms with van der Waals surface area (Å²) in [5, 5.41) is 4.29. The molecular formula is C11H18N4. The molecule has 1 unspecified atom stereocenters. The molecule has 82 valence electrons. The largest absolute Gasteiger partial charge is 0.275 e. The van der Waals surface area contributed by atoms with Crippen molar-refractivity contribution < 1.29 is 0 Å². The quantitative estimate of drug-likeness (QED) is 0.439. The van der Waals surface area contributed by atoms with E-state index in [0.717, 1.165) is 24.1 Å². The minimum absolute atomic E-state index is 0.138. The lowest BCUT2D eigenvalue weighted by Crippen LogP contribution is -2.28. The number of aryl methyl sites for hydroxylation is 2. The van der Waals surface area contributed by atoms with Gasteiger partial charge in [0.1, 0.15) is 0 Å². The molecule has 0 bridgehead atoms. The fourth-order valence-corrected chi connectivity index (χ4v) is 1.63. The normalized spacial score (nSPS) is 12.0. The number of nitrogens with two attached hydrogens (primary N) is 1. The lowest BCUT2D eigenvalue weighted by atomic mass is 10.0. The molecule has 0 fully saturated rings. The first-order chi connectivity index (χ1) is 7.19. The second kappa shape index (κ2) is 5.54. The molecule has 0 saturated heterocycles. The number of nitrogens with zero attached hydrogens (tertiary/aromatic N) is 2. The van der Waals surface area contributed by atoms with E-state index in [9.17, 15) is 0 Å². The van der Waals surface area contributed by atoms with Crippen LogP contribution in [0.25, 0.3) is 0 Å². The summed E-state index contributed by atoms with van der Waals surface area (Å²) >= 11 is 0. The van der Waals surface area contributed by atoms with E-state index in [4.69, 9.17) is 5.84 Å². The zero-order chi connectivity index (χ0) is 11.3. The van der Waals surface area contributed by atoms with E-state index < -0.39 is 0 Å². The summed E-state index contributed by atoms with van der Waals surface area (Å²) in [5.41, 5.74) is 4.98. The first-order valence-electron chi connectivity index (χ1n) is 5.05. The maximum absolute atomic E-state index is 5.53. The fraction of sp³-hybridized carbons (Fsp3) is 0.545. The smallest absolute Gasteiger partial charge is 0.0641 e. The fourth-order valence-electron chi connectivity index (χ4n) is 1.63. The van der Waals surface area contributed by atoms with Crippen LogP contribution in [0, 0.1) is 18.8 Å². The first kappa shape index (κ1) is 11.8. The van der Waals surface area contributed by atoms with Crippen LogP contribution in [-0.4, -0.2) is 9.78 Å². The second-order valence-corrected chi connectivity index (χ2v) is 3.53. The van der Waals surface area contributed by atoms with Crippen molar-refractivity contribution in [1.29, 1.82) is 0 Å². The minimum atomic E-state index is 0.138. The summed E-state index contributed by atoms with van der Waals surface area (Å²) in [6.07, 6.45) is 3.75. The SMILES string of the molecule is CC#CCCC(NN)c1cn(C)nc1C. The van der Waals surface area contributed by atoms with E-state index >= 15 is 0 Å². The van der Waals surface area contributed by atoms with Gasteiger partial charge < -0.3 is 0 Å². The van der Waals surface area contributed by atoms with Crippen LogP contribution >= 0.6 is 0 Å². The van der Waals surface area contributed by atoms with Crippen molar-refractivity contribution in [2.24, 2.45) is 12.9 Å². The van der Waals surface area contributed by atoms with Gasteiger partial charge >= 0.3 is 0 Å². The van der Waals surface area contributed by atoms with Crippen molar-refractivity contribution in [3.05, 3.63) is 17.5 Å². The third-order valence-corrected chi connectivity index (χ3v) is 2.36. The van der Waals surface area contributed by atoms with Crippen molar-refractivity contribution in [2.45, 2.75) is 32.7 Å². The molecular weight excluding hydrogens is 188 g/mol.